The summed E-state index contributed by atoms with van der Waals surface area (Å²) >= 11 is 0. The van der Waals surface area contributed by atoms with Crippen LogP contribution in [-0.2, 0) is 20.9 Å². The molecule has 2 fully saturated rings. The van der Waals surface area contributed by atoms with Crippen LogP contribution in [-0.4, -0.2) is 60.9 Å². The molecule has 2 saturated heterocycles. The monoisotopic (exact) mass is 416 g/mol. The van der Waals surface area contributed by atoms with E-state index in [2.05, 4.69) is 41.4 Å². The lowest BCUT2D eigenvalue weighted by atomic mass is 9.83. The molecule has 29 heavy (non-hydrogen) atoms. The summed E-state index contributed by atoms with van der Waals surface area (Å²) in [5, 5.41) is 9.83. The zero-order chi connectivity index (χ0) is 21.6. The predicted octanol–water partition coefficient (Wildman–Crippen LogP) is 2.60. The van der Waals surface area contributed by atoms with Gasteiger partial charge >= 0.3 is 12.1 Å². The Balaban J connectivity index is 0.000000370. The van der Waals surface area contributed by atoms with Gasteiger partial charge in [-0.25, -0.2) is 4.79 Å². The molecule has 0 aliphatic carbocycles. The predicted molar refractivity (Wildman–Crippen MR) is 100 cm³/mol. The number of carboxylic acids is 1. The zero-order valence-electron chi connectivity index (χ0n) is 16.5. The Hall–Kier alpha value is -2.13. The summed E-state index contributed by atoms with van der Waals surface area (Å²) in [6, 6.07) is 8.75. The van der Waals surface area contributed by atoms with E-state index in [0.29, 0.717) is 18.3 Å². The number of alkyl halides is 3. The Morgan fingerprint density at radius 1 is 1.34 bits per heavy atom. The minimum Gasteiger partial charge on any atom is -0.475 e. The largest absolute Gasteiger partial charge is 0.490 e. The third-order valence-corrected chi connectivity index (χ3v) is 5.28. The van der Waals surface area contributed by atoms with Crippen molar-refractivity contribution in [2.75, 3.05) is 26.7 Å². The average Bonchev–Trinajstić information content (AvgIpc) is 3.03. The number of aliphatic carboxylic acids is 1. The molecule has 3 rings (SSSR count). The molecule has 9 heteroatoms. The van der Waals surface area contributed by atoms with Crippen LogP contribution in [0.2, 0.25) is 0 Å². The highest BCUT2D eigenvalue weighted by molar-refractivity contribution is 5.76. The summed E-state index contributed by atoms with van der Waals surface area (Å²) in [7, 11) is 1.69. The molecule has 1 amide bonds. The van der Waals surface area contributed by atoms with Gasteiger partial charge in [0.25, 0.3) is 0 Å². The number of nitrogens with zero attached hydrogens (tertiary/aromatic N) is 1. The molecule has 1 aromatic carbocycles. The highest BCUT2D eigenvalue weighted by Crippen LogP contribution is 2.36. The van der Waals surface area contributed by atoms with E-state index in [0.717, 1.165) is 32.7 Å². The fraction of sp³-hybridized carbons (Fsp3) is 0.600. The lowest BCUT2D eigenvalue weighted by Gasteiger charge is -2.35. The first-order chi connectivity index (χ1) is 13.6. The second-order valence-corrected chi connectivity index (χ2v) is 7.49. The lowest BCUT2D eigenvalue weighted by Crippen LogP contribution is -2.41. The molecule has 0 bridgehead atoms. The van der Waals surface area contributed by atoms with Gasteiger partial charge in [-0.2, -0.15) is 13.2 Å². The van der Waals surface area contributed by atoms with Gasteiger partial charge in [-0.1, -0.05) is 29.8 Å². The third kappa shape index (κ3) is 7.01. The second kappa shape index (κ2) is 10.1. The third-order valence-electron chi connectivity index (χ3n) is 5.28. The zero-order valence-corrected chi connectivity index (χ0v) is 16.5. The van der Waals surface area contributed by atoms with E-state index >= 15 is 0 Å². The number of fused-ring (bicyclic) bond motifs is 1. The van der Waals surface area contributed by atoms with Crippen molar-refractivity contribution in [1.82, 2.24) is 10.2 Å². The molecule has 0 radical (unpaired) electrons. The topological polar surface area (TPSA) is 78.9 Å². The van der Waals surface area contributed by atoms with Crippen LogP contribution >= 0.6 is 0 Å². The maximum absolute atomic E-state index is 11.6. The van der Waals surface area contributed by atoms with Gasteiger partial charge in [0, 0.05) is 26.1 Å². The molecule has 3 atom stereocenters. The van der Waals surface area contributed by atoms with Gasteiger partial charge in [0.05, 0.1) is 19.1 Å². The molecule has 0 saturated carbocycles. The first-order valence-electron chi connectivity index (χ1n) is 9.50. The Labute approximate surface area is 168 Å². The van der Waals surface area contributed by atoms with Gasteiger partial charge in [-0.3, -0.25) is 9.69 Å². The molecule has 1 aromatic rings. The SMILES string of the molecule is CNC(=O)C[C@@H]1OC[C@H]2CN(Cc3cccc(C)c3)CC[C@H]21.O=C(O)C(F)(F)F. The highest BCUT2D eigenvalue weighted by atomic mass is 19.4. The number of halogens is 3. The van der Waals surface area contributed by atoms with E-state index < -0.39 is 12.1 Å². The van der Waals surface area contributed by atoms with Crippen molar-refractivity contribution in [2.24, 2.45) is 11.8 Å². The normalized spacial score (nSPS) is 24.2. The number of benzene rings is 1. The van der Waals surface area contributed by atoms with Crippen molar-refractivity contribution < 1.29 is 32.6 Å². The molecule has 0 spiro atoms. The molecule has 2 aliphatic heterocycles. The van der Waals surface area contributed by atoms with Gasteiger partial charge < -0.3 is 15.2 Å². The Kier molecular flexibility index (Phi) is 8.04. The molecule has 0 aromatic heterocycles. The minimum absolute atomic E-state index is 0.0906. The van der Waals surface area contributed by atoms with Crippen LogP contribution in [0.5, 0.6) is 0 Å². The minimum atomic E-state index is -5.08. The Bertz CT molecular complexity index is 711. The number of piperidine rings is 1. The molecule has 2 heterocycles. The van der Waals surface area contributed by atoms with Crippen molar-refractivity contribution in [2.45, 2.75) is 38.6 Å². The quantitative estimate of drug-likeness (QED) is 0.789. The maximum atomic E-state index is 11.6. The van der Waals surface area contributed by atoms with Gasteiger partial charge in [-0.15, -0.1) is 0 Å². The summed E-state index contributed by atoms with van der Waals surface area (Å²) in [6.45, 7) is 6.15. The van der Waals surface area contributed by atoms with E-state index in [9.17, 15) is 18.0 Å². The van der Waals surface area contributed by atoms with Gasteiger partial charge in [0.15, 0.2) is 0 Å². The number of amides is 1. The van der Waals surface area contributed by atoms with Crippen molar-refractivity contribution in [3.8, 4) is 0 Å². The highest BCUT2D eigenvalue weighted by Gasteiger charge is 2.41. The summed E-state index contributed by atoms with van der Waals surface area (Å²) < 4.78 is 37.6. The first-order valence-corrected chi connectivity index (χ1v) is 9.50. The molecular formula is C20H27F3N2O4. The average molecular weight is 416 g/mol. The van der Waals surface area contributed by atoms with Crippen molar-refractivity contribution >= 4 is 11.9 Å². The van der Waals surface area contributed by atoms with Gasteiger partial charge in [0.2, 0.25) is 5.91 Å². The number of likely N-dealkylation sites (tertiary alicyclic amines) is 1. The summed E-state index contributed by atoms with van der Waals surface area (Å²) in [6.07, 6.45) is -3.32. The molecule has 2 N–H and O–H groups in total. The fourth-order valence-corrected chi connectivity index (χ4v) is 3.87. The number of rotatable bonds is 4. The van der Waals surface area contributed by atoms with Crippen LogP contribution in [0, 0.1) is 18.8 Å². The van der Waals surface area contributed by atoms with E-state index in [1.165, 1.54) is 11.1 Å². The number of hydrogen-bond acceptors (Lipinski definition) is 4. The van der Waals surface area contributed by atoms with Crippen LogP contribution in [0.4, 0.5) is 13.2 Å². The smallest absolute Gasteiger partial charge is 0.475 e. The summed E-state index contributed by atoms with van der Waals surface area (Å²) in [5.41, 5.74) is 2.71. The van der Waals surface area contributed by atoms with Crippen LogP contribution in [0.3, 0.4) is 0 Å². The maximum Gasteiger partial charge on any atom is 0.490 e. The number of hydrogen-bond donors (Lipinski definition) is 2. The Morgan fingerprint density at radius 3 is 2.62 bits per heavy atom. The molecule has 162 valence electrons. The number of aryl methyl sites for hydroxylation is 1. The number of nitrogens with one attached hydrogen (secondary N) is 1. The molecule has 6 nitrogen and oxygen atoms in total. The number of ether oxygens (including phenoxy) is 1. The van der Waals surface area contributed by atoms with Crippen molar-refractivity contribution in [3.05, 3.63) is 35.4 Å². The number of carbonyl (C=O) groups excluding carboxylic acids is 1. The summed E-state index contributed by atoms with van der Waals surface area (Å²) in [4.78, 5) is 23.0. The van der Waals surface area contributed by atoms with Crippen LogP contribution < -0.4 is 5.32 Å². The van der Waals surface area contributed by atoms with Crippen LogP contribution in [0.25, 0.3) is 0 Å². The van der Waals surface area contributed by atoms with Crippen molar-refractivity contribution in [3.63, 3.8) is 0 Å². The standard InChI is InChI=1S/C18H26N2O2.C2HF3O2/c1-13-4-3-5-14(8-13)10-20-7-6-16-15(11-20)12-22-17(16)9-18(21)19-2;3-2(4,5)1(6)7/h3-5,8,15-17H,6-7,9-12H2,1-2H3,(H,19,21);(H,6,7)/t15-,16-,17+;/m1./s1. The first kappa shape index (κ1) is 23.2. The molecular weight excluding hydrogens is 389 g/mol. The van der Waals surface area contributed by atoms with E-state index in [1.54, 1.807) is 7.05 Å². The van der Waals surface area contributed by atoms with Crippen molar-refractivity contribution in [1.29, 1.82) is 0 Å². The van der Waals surface area contributed by atoms with Crippen LogP contribution in [0.15, 0.2) is 24.3 Å². The Morgan fingerprint density at radius 2 is 2.03 bits per heavy atom. The number of carboxylic acid groups (broad SMARTS) is 1. The molecule has 0 unspecified atom stereocenters. The second-order valence-electron chi connectivity index (χ2n) is 7.49. The molecule has 2 aliphatic rings. The lowest BCUT2D eigenvalue weighted by molar-refractivity contribution is -0.192. The fourth-order valence-electron chi connectivity index (χ4n) is 3.87. The van der Waals surface area contributed by atoms with E-state index in [-0.39, 0.29) is 12.0 Å². The van der Waals surface area contributed by atoms with E-state index in [1.807, 2.05) is 0 Å². The van der Waals surface area contributed by atoms with Gasteiger partial charge in [-0.05, 0) is 31.4 Å². The van der Waals surface area contributed by atoms with E-state index in [4.69, 9.17) is 14.6 Å². The van der Waals surface area contributed by atoms with Crippen LogP contribution in [0.1, 0.15) is 24.0 Å². The summed E-state index contributed by atoms with van der Waals surface area (Å²) in [5.74, 6) is -1.54. The van der Waals surface area contributed by atoms with Gasteiger partial charge in [0.1, 0.15) is 0 Å². The number of carbonyl (C=O) groups is 2.